The van der Waals surface area contributed by atoms with Crippen molar-refractivity contribution in [1.29, 1.82) is 0 Å². The highest BCUT2D eigenvalue weighted by atomic mass is 35.6. The lowest BCUT2D eigenvalue weighted by Gasteiger charge is -2.47. The van der Waals surface area contributed by atoms with Crippen LogP contribution in [0.4, 0.5) is 0 Å². The van der Waals surface area contributed by atoms with Gasteiger partial charge in [0.25, 0.3) is 0 Å². The van der Waals surface area contributed by atoms with Crippen LogP contribution in [0.3, 0.4) is 0 Å². The van der Waals surface area contributed by atoms with Gasteiger partial charge < -0.3 is 0 Å². The van der Waals surface area contributed by atoms with E-state index in [1.54, 1.807) is 0 Å². The second-order valence-corrected chi connectivity index (χ2v) is 47.8. The Morgan fingerprint density at radius 1 is 0.846 bits per heavy atom. The van der Waals surface area contributed by atoms with Gasteiger partial charge >= 0.3 is 0 Å². The quantitative estimate of drug-likeness (QED) is 0.542. The Labute approximate surface area is 92.8 Å². The van der Waals surface area contributed by atoms with E-state index in [1.165, 1.54) is 0 Å². The van der Waals surface area contributed by atoms with Gasteiger partial charge in [-0.1, -0.05) is 52.4 Å². The summed E-state index contributed by atoms with van der Waals surface area (Å²) in [7, 11) is -2.48. The fourth-order valence-corrected chi connectivity index (χ4v) is 66.8. The summed E-state index contributed by atoms with van der Waals surface area (Å²) in [5.74, 6) is 0. The van der Waals surface area contributed by atoms with Crippen molar-refractivity contribution >= 4 is 40.5 Å². The van der Waals surface area contributed by atoms with Gasteiger partial charge in [0, 0.05) is 15.4 Å². The van der Waals surface area contributed by atoms with Gasteiger partial charge in [0.05, 0.1) is 7.11 Å². The normalized spacial score (nSPS) is 15.2. The molecule has 0 unspecified atom stereocenters. The molecule has 0 saturated heterocycles. The first-order chi connectivity index (χ1) is 5.44. The summed E-state index contributed by atoms with van der Waals surface area (Å²) in [6, 6.07) is 0. The second kappa shape index (κ2) is 3.96. The Hall–Kier alpha value is 1.16. The van der Waals surface area contributed by atoms with E-state index in [1.807, 2.05) is 0 Å². The molecule has 0 heterocycles. The summed E-state index contributed by atoms with van der Waals surface area (Å²) >= 11 is 6.71. The van der Waals surface area contributed by atoms with Crippen LogP contribution < -0.4 is 0 Å². The Balaban J connectivity index is 5.04. The molecule has 0 saturated carbocycles. The van der Waals surface area contributed by atoms with Gasteiger partial charge in [0.1, 0.15) is 6.90 Å². The molecule has 80 valence electrons. The molecule has 13 heavy (non-hydrogen) atoms. The molecule has 0 N–H and O–H groups in total. The molecule has 0 atom stereocenters. The summed E-state index contributed by atoms with van der Waals surface area (Å²) in [5, 5.41) is 0. The Morgan fingerprint density at radius 2 is 1.15 bits per heavy atom. The van der Waals surface area contributed by atoms with Crippen LogP contribution in [0.25, 0.3) is 0 Å². The maximum atomic E-state index is 6.71. The van der Waals surface area contributed by atoms with Crippen molar-refractivity contribution in [1.82, 2.24) is 0 Å². The van der Waals surface area contributed by atoms with E-state index in [4.69, 9.17) is 11.1 Å². The monoisotopic (exact) mass is 268 g/mol. The van der Waals surface area contributed by atoms with E-state index in [9.17, 15) is 0 Å². The van der Waals surface area contributed by atoms with Crippen molar-refractivity contribution in [3.63, 3.8) is 0 Å². The summed E-state index contributed by atoms with van der Waals surface area (Å²) in [6.07, 6.45) is 0. The van der Waals surface area contributed by atoms with Crippen molar-refractivity contribution < 1.29 is 0 Å². The minimum Gasteiger partial charge on any atom is -0.171 e. The van der Waals surface area contributed by atoms with E-state index >= 15 is 0 Å². The number of rotatable bonds is 3. The number of hydrogen-bond acceptors (Lipinski definition) is 0. The Kier molecular flexibility index (Phi) is 4.31. The molecule has 0 radical (unpaired) electrons. The molecule has 0 aromatic heterocycles. The highest BCUT2D eigenvalue weighted by Crippen LogP contribution is 2.32. The molecule has 0 amide bonds. The smallest absolute Gasteiger partial charge is 0.138 e. The SMILES string of the molecule is C[SiH](C)[Si](C)(C)[Si](C)(C)[Si](C)(C)Cl. The minimum atomic E-state index is -1.38. The van der Waals surface area contributed by atoms with Crippen LogP contribution in [-0.4, -0.2) is 29.4 Å². The van der Waals surface area contributed by atoms with Crippen LogP contribution >= 0.6 is 11.1 Å². The lowest BCUT2D eigenvalue weighted by atomic mass is 11.9. The molecule has 5 heteroatoms. The molecule has 0 aromatic rings. The van der Waals surface area contributed by atoms with Gasteiger partial charge in [-0.2, -0.15) is 11.1 Å². The van der Waals surface area contributed by atoms with Crippen molar-refractivity contribution in [3.05, 3.63) is 0 Å². The zero-order valence-electron chi connectivity index (χ0n) is 10.5. The first-order valence-corrected chi connectivity index (χ1v) is 21.3. The van der Waals surface area contributed by atoms with Crippen LogP contribution in [0.15, 0.2) is 0 Å². The molecule has 0 nitrogen and oxygen atoms in total. The summed E-state index contributed by atoms with van der Waals surface area (Å²) in [5.41, 5.74) is 0. The van der Waals surface area contributed by atoms with Crippen LogP contribution in [0.1, 0.15) is 0 Å². The highest BCUT2D eigenvalue weighted by molar-refractivity contribution is 7.86. The van der Waals surface area contributed by atoms with E-state index in [0.717, 1.165) is 0 Å². The van der Waals surface area contributed by atoms with Crippen LogP contribution in [0, 0.1) is 0 Å². The lowest BCUT2D eigenvalue weighted by Crippen LogP contribution is -2.73. The van der Waals surface area contributed by atoms with E-state index in [0.29, 0.717) is 0 Å². The molecule has 0 spiro atoms. The summed E-state index contributed by atoms with van der Waals surface area (Å²) in [4.78, 5) is 0. The highest BCUT2D eigenvalue weighted by Gasteiger charge is 2.52. The average Bonchev–Trinajstić information content (AvgIpc) is 1.84. The van der Waals surface area contributed by atoms with Gasteiger partial charge in [-0.3, -0.25) is 0 Å². The van der Waals surface area contributed by atoms with E-state index in [2.05, 4.69) is 52.4 Å². The summed E-state index contributed by atoms with van der Waals surface area (Å²) in [6.45, 7) is 18.7. The zero-order chi connectivity index (χ0) is 11.1. The van der Waals surface area contributed by atoms with Crippen LogP contribution in [0.2, 0.25) is 52.4 Å². The Morgan fingerprint density at radius 3 is 1.23 bits per heavy atom. The third-order valence-electron chi connectivity index (χ3n) is 4.54. The third-order valence-corrected chi connectivity index (χ3v) is 72.3. The van der Waals surface area contributed by atoms with Crippen LogP contribution in [-0.2, 0) is 0 Å². The van der Waals surface area contributed by atoms with E-state index in [-0.39, 0.29) is 0 Å². The van der Waals surface area contributed by atoms with Gasteiger partial charge in [-0.15, -0.1) is 0 Å². The fraction of sp³-hybridized carbons (Fsp3) is 1.00. The first-order valence-electron chi connectivity index (χ1n) is 5.13. The third kappa shape index (κ3) is 2.59. The maximum absolute atomic E-state index is 6.71. The zero-order valence-corrected chi connectivity index (χ0v) is 15.4. The maximum Gasteiger partial charge on any atom is 0.138 e. The van der Waals surface area contributed by atoms with E-state index < -0.39 is 29.4 Å². The second-order valence-electron chi connectivity index (χ2n) is 5.97. The fourth-order valence-electron chi connectivity index (χ4n) is 1.49. The van der Waals surface area contributed by atoms with Crippen molar-refractivity contribution in [2.24, 2.45) is 0 Å². The molecular weight excluding hydrogens is 244 g/mol. The van der Waals surface area contributed by atoms with Gasteiger partial charge in [0.15, 0.2) is 0 Å². The molecule has 0 aliphatic rings. The van der Waals surface area contributed by atoms with Gasteiger partial charge in [-0.25, -0.2) is 0 Å². The molecule has 0 bridgehead atoms. The molecule has 0 fully saturated rings. The topological polar surface area (TPSA) is 0 Å². The Bertz CT molecular complexity index is 181. The standard InChI is InChI=1S/C8H25ClSi4/c1-10(2)12(5,6)13(7,8)11(3,4)9/h10H,1-8H3. The van der Waals surface area contributed by atoms with Gasteiger partial charge in [-0.05, 0) is 0 Å². The van der Waals surface area contributed by atoms with Gasteiger partial charge in [0.2, 0.25) is 0 Å². The predicted molar refractivity (Wildman–Crippen MR) is 77.2 cm³/mol. The molecular formula is C8H25ClSi4. The lowest BCUT2D eigenvalue weighted by molar-refractivity contribution is 1.82. The number of hydrogen-bond donors (Lipinski definition) is 0. The minimum absolute atomic E-state index is 0.454. The van der Waals surface area contributed by atoms with Crippen molar-refractivity contribution in [3.8, 4) is 0 Å². The first kappa shape index (κ1) is 14.2. The predicted octanol–water partition coefficient (Wildman–Crippen LogP) is 3.57. The molecule has 0 aliphatic carbocycles. The summed E-state index contributed by atoms with van der Waals surface area (Å²) < 4.78 is 0. The molecule has 0 aromatic carbocycles. The average molecular weight is 269 g/mol. The molecule has 0 aliphatic heterocycles. The largest absolute Gasteiger partial charge is 0.171 e. The van der Waals surface area contributed by atoms with Crippen LogP contribution in [0.5, 0.6) is 0 Å². The number of halogens is 1. The van der Waals surface area contributed by atoms with Crippen molar-refractivity contribution in [2.75, 3.05) is 0 Å². The molecule has 0 rings (SSSR count). The van der Waals surface area contributed by atoms with Crippen molar-refractivity contribution in [2.45, 2.75) is 52.4 Å².